The molecule has 1 aromatic rings. The Hall–Kier alpha value is -1.00. The van der Waals surface area contributed by atoms with Gasteiger partial charge in [0.25, 0.3) is 0 Å². The zero-order valence-corrected chi connectivity index (χ0v) is 6.50. The van der Waals surface area contributed by atoms with Crippen LogP contribution in [0.4, 0.5) is 4.39 Å². The van der Waals surface area contributed by atoms with Crippen LogP contribution >= 0.6 is 0 Å². The van der Waals surface area contributed by atoms with Crippen molar-refractivity contribution >= 4 is 0 Å². The molecule has 0 aliphatic rings. The number of halogens is 1. The van der Waals surface area contributed by atoms with Crippen molar-refractivity contribution in [2.45, 2.75) is 26.3 Å². The average Bonchev–Trinajstić information content (AvgIpc) is 2.47. The molecular weight excluding hydrogens is 147 g/mol. The molecule has 1 aromatic heterocycles. The second-order valence-corrected chi connectivity index (χ2v) is 2.21. The van der Waals surface area contributed by atoms with E-state index in [-0.39, 0.29) is 6.67 Å². The molecule has 5 heteroatoms. The summed E-state index contributed by atoms with van der Waals surface area (Å²) in [4.78, 5) is 0. The van der Waals surface area contributed by atoms with Crippen molar-refractivity contribution in [3.05, 3.63) is 5.82 Å². The Bertz CT molecular complexity index is 210. The number of hydrogen-bond donors (Lipinski definition) is 0. The van der Waals surface area contributed by atoms with Gasteiger partial charge in [0.05, 0.1) is 6.67 Å². The van der Waals surface area contributed by atoms with Gasteiger partial charge in [0, 0.05) is 13.0 Å². The minimum Gasteiger partial charge on any atom is -0.251 e. The minimum absolute atomic E-state index is 0.316. The number of alkyl halides is 1. The van der Waals surface area contributed by atoms with Gasteiger partial charge in [0.15, 0.2) is 5.82 Å². The zero-order valence-electron chi connectivity index (χ0n) is 6.50. The lowest BCUT2D eigenvalue weighted by Gasteiger charge is -1.98. The summed E-state index contributed by atoms with van der Waals surface area (Å²) in [7, 11) is 0. The van der Waals surface area contributed by atoms with Crippen LogP contribution < -0.4 is 0 Å². The maximum absolute atomic E-state index is 11.7. The van der Waals surface area contributed by atoms with Gasteiger partial charge >= 0.3 is 0 Å². The van der Waals surface area contributed by atoms with E-state index in [0.717, 1.165) is 12.2 Å². The lowest BCUT2D eigenvalue weighted by molar-refractivity contribution is 0.426. The maximum atomic E-state index is 11.7. The molecule has 0 aliphatic heterocycles. The maximum Gasteiger partial charge on any atom is 0.150 e. The fourth-order valence-electron chi connectivity index (χ4n) is 0.860. The van der Waals surface area contributed by atoms with Crippen LogP contribution in [0.5, 0.6) is 0 Å². The Labute approximate surface area is 64.4 Å². The molecule has 0 bridgehead atoms. The minimum atomic E-state index is -0.316. The monoisotopic (exact) mass is 158 g/mol. The van der Waals surface area contributed by atoms with Gasteiger partial charge < -0.3 is 0 Å². The molecule has 0 radical (unpaired) electrons. The van der Waals surface area contributed by atoms with Crippen LogP contribution in [-0.4, -0.2) is 26.9 Å². The fraction of sp³-hybridized carbons (Fsp3) is 0.833. The molecule has 0 amide bonds. The number of aromatic nitrogens is 4. The predicted molar refractivity (Wildman–Crippen MR) is 37.8 cm³/mol. The van der Waals surface area contributed by atoms with E-state index in [0.29, 0.717) is 13.0 Å². The summed E-state index contributed by atoms with van der Waals surface area (Å²) in [6, 6.07) is 0. The first-order valence-electron chi connectivity index (χ1n) is 3.69. The second kappa shape index (κ2) is 4.00. The van der Waals surface area contributed by atoms with Crippen LogP contribution in [0.3, 0.4) is 0 Å². The van der Waals surface area contributed by atoms with Gasteiger partial charge in [-0.25, -0.2) is 4.68 Å². The highest BCUT2D eigenvalue weighted by atomic mass is 19.1. The van der Waals surface area contributed by atoms with Gasteiger partial charge in [0.1, 0.15) is 0 Å². The van der Waals surface area contributed by atoms with Crippen molar-refractivity contribution < 1.29 is 4.39 Å². The number of aryl methyl sites for hydroxylation is 2. The molecule has 0 aromatic carbocycles. The third kappa shape index (κ3) is 1.96. The van der Waals surface area contributed by atoms with Crippen molar-refractivity contribution in [2.24, 2.45) is 0 Å². The summed E-state index contributed by atoms with van der Waals surface area (Å²) in [6.45, 7) is 2.23. The number of rotatable bonds is 4. The smallest absolute Gasteiger partial charge is 0.150 e. The molecular formula is C6H11FN4. The van der Waals surface area contributed by atoms with E-state index in [1.807, 2.05) is 6.92 Å². The summed E-state index contributed by atoms with van der Waals surface area (Å²) < 4.78 is 13.4. The first-order valence-corrected chi connectivity index (χ1v) is 3.69. The highest BCUT2D eigenvalue weighted by Crippen LogP contribution is 1.94. The van der Waals surface area contributed by atoms with Crippen molar-refractivity contribution in [1.82, 2.24) is 20.2 Å². The Morgan fingerprint density at radius 3 is 3.00 bits per heavy atom. The van der Waals surface area contributed by atoms with Crippen LogP contribution in [0.2, 0.25) is 0 Å². The molecule has 0 unspecified atom stereocenters. The van der Waals surface area contributed by atoms with E-state index in [2.05, 4.69) is 15.5 Å². The first-order chi connectivity index (χ1) is 5.38. The summed E-state index contributed by atoms with van der Waals surface area (Å²) in [5, 5.41) is 11.0. The van der Waals surface area contributed by atoms with Gasteiger partial charge in [-0.2, -0.15) is 0 Å². The van der Waals surface area contributed by atoms with E-state index < -0.39 is 0 Å². The van der Waals surface area contributed by atoms with Gasteiger partial charge in [0.2, 0.25) is 0 Å². The van der Waals surface area contributed by atoms with Crippen molar-refractivity contribution in [3.8, 4) is 0 Å². The van der Waals surface area contributed by atoms with Gasteiger partial charge in [-0.1, -0.05) is 6.92 Å². The molecule has 0 fully saturated rings. The standard InChI is InChI=1S/C6H11FN4/c1-2-6-8-9-10-11(6)5-3-4-7/h2-5H2,1H3. The lowest BCUT2D eigenvalue weighted by atomic mass is 10.4. The van der Waals surface area contributed by atoms with Crippen LogP contribution in [0, 0.1) is 0 Å². The molecule has 0 N–H and O–H groups in total. The fourth-order valence-corrected chi connectivity index (χ4v) is 0.860. The normalized spacial score (nSPS) is 10.4. The quantitative estimate of drug-likeness (QED) is 0.644. The summed E-state index contributed by atoms with van der Waals surface area (Å²) in [5.74, 6) is 0.818. The number of nitrogens with zero attached hydrogens (tertiary/aromatic N) is 4. The Kier molecular flexibility index (Phi) is 2.95. The van der Waals surface area contributed by atoms with Gasteiger partial charge in [-0.3, -0.25) is 4.39 Å². The third-order valence-electron chi connectivity index (χ3n) is 1.43. The predicted octanol–water partition coefficient (Wildman–Crippen LogP) is 0.595. The molecule has 4 nitrogen and oxygen atoms in total. The lowest BCUT2D eigenvalue weighted by Crippen LogP contribution is -2.05. The molecule has 1 rings (SSSR count). The van der Waals surface area contributed by atoms with Crippen LogP contribution in [-0.2, 0) is 13.0 Å². The van der Waals surface area contributed by atoms with Gasteiger partial charge in [-0.05, 0) is 16.8 Å². The van der Waals surface area contributed by atoms with E-state index in [4.69, 9.17) is 0 Å². The number of tetrazole rings is 1. The van der Waals surface area contributed by atoms with E-state index in [9.17, 15) is 4.39 Å². The van der Waals surface area contributed by atoms with Crippen LogP contribution in [0.25, 0.3) is 0 Å². The van der Waals surface area contributed by atoms with Gasteiger partial charge in [-0.15, -0.1) is 5.10 Å². The van der Waals surface area contributed by atoms with Crippen LogP contribution in [0.1, 0.15) is 19.2 Å². The van der Waals surface area contributed by atoms with Crippen molar-refractivity contribution in [2.75, 3.05) is 6.67 Å². The molecule has 11 heavy (non-hydrogen) atoms. The second-order valence-electron chi connectivity index (χ2n) is 2.21. The summed E-state index contributed by atoms with van der Waals surface area (Å²) >= 11 is 0. The summed E-state index contributed by atoms with van der Waals surface area (Å²) in [5.41, 5.74) is 0. The number of hydrogen-bond acceptors (Lipinski definition) is 3. The highest BCUT2D eigenvalue weighted by molar-refractivity contribution is 4.78. The molecule has 0 aliphatic carbocycles. The zero-order chi connectivity index (χ0) is 8.10. The highest BCUT2D eigenvalue weighted by Gasteiger charge is 2.01. The summed E-state index contributed by atoms with van der Waals surface area (Å²) in [6.07, 6.45) is 1.28. The molecule has 0 atom stereocenters. The molecule has 0 saturated carbocycles. The molecule has 62 valence electrons. The van der Waals surface area contributed by atoms with E-state index in [1.165, 1.54) is 0 Å². The van der Waals surface area contributed by atoms with E-state index in [1.54, 1.807) is 4.68 Å². The van der Waals surface area contributed by atoms with Crippen LogP contribution in [0.15, 0.2) is 0 Å². The Balaban J connectivity index is 2.54. The average molecular weight is 158 g/mol. The SMILES string of the molecule is CCc1nnnn1CCCF. The molecule has 0 spiro atoms. The third-order valence-corrected chi connectivity index (χ3v) is 1.43. The van der Waals surface area contributed by atoms with E-state index >= 15 is 0 Å². The molecule has 1 heterocycles. The molecule has 0 saturated heterocycles. The largest absolute Gasteiger partial charge is 0.251 e. The van der Waals surface area contributed by atoms with Crippen molar-refractivity contribution in [1.29, 1.82) is 0 Å². The Morgan fingerprint density at radius 1 is 1.55 bits per heavy atom. The first kappa shape index (κ1) is 8.10. The van der Waals surface area contributed by atoms with Crippen molar-refractivity contribution in [3.63, 3.8) is 0 Å². The topological polar surface area (TPSA) is 43.6 Å². The Morgan fingerprint density at radius 2 is 2.36 bits per heavy atom.